The molecule has 18 heavy (non-hydrogen) atoms. The van der Waals surface area contributed by atoms with Crippen LogP contribution in [0.15, 0.2) is 0 Å². The Kier molecular flexibility index (Phi) is 3.65. The molecule has 1 aliphatic carbocycles. The molecule has 2 heterocycles. The SMILES string of the molecule is CC1(C)C(NCCN2CCCCC2)C2CCOC21. The predicted octanol–water partition coefficient (Wildman–Crippen LogP) is 1.88. The van der Waals surface area contributed by atoms with Crippen molar-refractivity contribution in [1.82, 2.24) is 10.2 Å². The van der Waals surface area contributed by atoms with Crippen molar-refractivity contribution < 1.29 is 4.74 Å². The first-order chi connectivity index (χ1) is 8.69. The topological polar surface area (TPSA) is 24.5 Å². The fourth-order valence-electron chi connectivity index (χ4n) is 4.30. The van der Waals surface area contributed by atoms with Crippen molar-refractivity contribution in [3.05, 3.63) is 0 Å². The average molecular weight is 252 g/mol. The number of nitrogens with zero attached hydrogens (tertiary/aromatic N) is 1. The maximum Gasteiger partial charge on any atom is 0.0685 e. The molecule has 0 aromatic carbocycles. The number of hydrogen-bond donors (Lipinski definition) is 1. The molecule has 3 atom stereocenters. The third-order valence-electron chi connectivity index (χ3n) is 5.34. The van der Waals surface area contributed by atoms with Gasteiger partial charge in [0.25, 0.3) is 0 Å². The second kappa shape index (κ2) is 5.10. The molecule has 3 fully saturated rings. The van der Waals surface area contributed by atoms with Gasteiger partial charge in [0, 0.05) is 37.1 Å². The molecule has 0 bridgehead atoms. The van der Waals surface area contributed by atoms with Crippen molar-refractivity contribution in [3.8, 4) is 0 Å². The highest BCUT2D eigenvalue weighted by Gasteiger charge is 2.58. The summed E-state index contributed by atoms with van der Waals surface area (Å²) in [4.78, 5) is 2.62. The van der Waals surface area contributed by atoms with Gasteiger partial charge in [-0.05, 0) is 32.4 Å². The molecule has 0 aromatic heterocycles. The van der Waals surface area contributed by atoms with Crippen molar-refractivity contribution in [2.24, 2.45) is 11.3 Å². The molecule has 2 saturated heterocycles. The van der Waals surface area contributed by atoms with Crippen LogP contribution in [0.1, 0.15) is 39.5 Å². The minimum Gasteiger partial charge on any atom is -0.377 e. The van der Waals surface area contributed by atoms with Crippen molar-refractivity contribution >= 4 is 0 Å². The molecule has 3 heteroatoms. The van der Waals surface area contributed by atoms with Crippen LogP contribution in [0.2, 0.25) is 0 Å². The summed E-state index contributed by atoms with van der Waals surface area (Å²) >= 11 is 0. The fraction of sp³-hybridized carbons (Fsp3) is 1.00. The van der Waals surface area contributed by atoms with Gasteiger partial charge in [-0.3, -0.25) is 0 Å². The number of nitrogens with one attached hydrogen (secondary N) is 1. The number of rotatable bonds is 4. The standard InChI is InChI=1S/C15H28N2O/c1-15(2)13(12-6-11-18-14(12)15)16-7-10-17-8-4-3-5-9-17/h12-14,16H,3-11H2,1-2H3. The maximum atomic E-state index is 5.84. The van der Waals surface area contributed by atoms with E-state index in [9.17, 15) is 0 Å². The second-order valence-corrected chi connectivity index (χ2v) is 6.90. The molecular weight excluding hydrogens is 224 g/mol. The molecule has 1 saturated carbocycles. The number of piperidine rings is 1. The van der Waals surface area contributed by atoms with Crippen LogP contribution in [0.25, 0.3) is 0 Å². The summed E-state index contributed by atoms with van der Waals surface area (Å²) in [5.74, 6) is 0.779. The first kappa shape index (κ1) is 12.9. The first-order valence-electron chi connectivity index (χ1n) is 7.77. The van der Waals surface area contributed by atoms with E-state index >= 15 is 0 Å². The van der Waals surface area contributed by atoms with Crippen molar-refractivity contribution in [2.45, 2.75) is 51.7 Å². The van der Waals surface area contributed by atoms with Crippen LogP contribution in [0.4, 0.5) is 0 Å². The number of ether oxygens (including phenoxy) is 1. The second-order valence-electron chi connectivity index (χ2n) is 6.90. The van der Waals surface area contributed by atoms with E-state index in [1.165, 1.54) is 45.3 Å². The molecule has 3 aliphatic rings. The predicted molar refractivity (Wildman–Crippen MR) is 73.7 cm³/mol. The van der Waals surface area contributed by atoms with Crippen LogP contribution in [-0.4, -0.2) is 49.8 Å². The van der Waals surface area contributed by atoms with Gasteiger partial charge in [-0.25, -0.2) is 0 Å². The Labute approximate surface area is 111 Å². The van der Waals surface area contributed by atoms with E-state index in [0.29, 0.717) is 17.6 Å². The van der Waals surface area contributed by atoms with E-state index in [-0.39, 0.29) is 0 Å². The normalized spacial score (nSPS) is 39.3. The fourth-order valence-corrected chi connectivity index (χ4v) is 4.30. The zero-order valence-corrected chi connectivity index (χ0v) is 12.0. The van der Waals surface area contributed by atoms with E-state index in [0.717, 1.165) is 19.1 Å². The van der Waals surface area contributed by atoms with E-state index < -0.39 is 0 Å². The quantitative estimate of drug-likeness (QED) is 0.827. The van der Waals surface area contributed by atoms with Crippen LogP contribution in [0.5, 0.6) is 0 Å². The number of hydrogen-bond acceptors (Lipinski definition) is 3. The third-order valence-corrected chi connectivity index (χ3v) is 5.34. The third kappa shape index (κ3) is 2.21. The van der Waals surface area contributed by atoms with Crippen LogP contribution in [0.3, 0.4) is 0 Å². The van der Waals surface area contributed by atoms with Gasteiger partial charge < -0.3 is 15.0 Å². The Morgan fingerprint density at radius 2 is 2.00 bits per heavy atom. The molecule has 2 aliphatic heterocycles. The summed E-state index contributed by atoms with van der Waals surface area (Å²) in [6.45, 7) is 10.7. The zero-order valence-electron chi connectivity index (χ0n) is 12.0. The first-order valence-corrected chi connectivity index (χ1v) is 7.77. The summed E-state index contributed by atoms with van der Waals surface area (Å²) in [6.07, 6.45) is 6.00. The maximum absolute atomic E-state index is 5.84. The Hall–Kier alpha value is -0.120. The van der Waals surface area contributed by atoms with Crippen molar-refractivity contribution in [1.29, 1.82) is 0 Å². The highest BCUT2D eigenvalue weighted by molar-refractivity contribution is 5.11. The molecule has 1 N–H and O–H groups in total. The number of fused-ring (bicyclic) bond motifs is 1. The minimum absolute atomic E-state index is 0.336. The lowest BCUT2D eigenvalue weighted by Crippen LogP contribution is -2.66. The largest absolute Gasteiger partial charge is 0.377 e. The monoisotopic (exact) mass is 252 g/mol. The smallest absolute Gasteiger partial charge is 0.0685 e. The van der Waals surface area contributed by atoms with E-state index in [4.69, 9.17) is 4.74 Å². The van der Waals surface area contributed by atoms with Crippen LogP contribution >= 0.6 is 0 Å². The Morgan fingerprint density at radius 1 is 1.22 bits per heavy atom. The van der Waals surface area contributed by atoms with Gasteiger partial charge in [-0.15, -0.1) is 0 Å². The molecule has 0 aromatic rings. The Morgan fingerprint density at radius 3 is 2.78 bits per heavy atom. The average Bonchev–Trinajstić information content (AvgIpc) is 2.82. The molecule has 3 unspecified atom stereocenters. The molecule has 0 radical (unpaired) electrons. The van der Waals surface area contributed by atoms with Crippen LogP contribution < -0.4 is 5.32 Å². The lowest BCUT2D eigenvalue weighted by Gasteiger charge is -2.55. The highest BCUT2D eigenvalue weighted by Crippen LogP contribution is 2.51. The van der Waals surface area contributed by atoms with Crippen molar-refractivity contribution in [3.63, 3.8) is 0 Å². The molecular formula is C15H28N2O. The van der Waals surface area contributed by atoms with E-state index in [1.54, 1.807) is 0 Å². The van der Waals surface area contributed by atoms with E-state index in [2.05, 4.69) is 24.1 Å². The molecule has 3 nitrogen and oxygen atoms in total. The minimum atomic E-state index is 0.336. The summed E-state index contributed by atoms with van der Waals surface area (Å²) in [5.41, 5.74) is 0.336. The Bertz CT molecular complexity index is 286. The molecule has 0 spiro atoms. The van der Waals surface area contributed by atoms with Gasteiger partial charge in [-0.2, -0.15) is 0 Å². The molecule has 0 amide bonds. The lowest BCUT2D eigenvalue weighted by molar-refractivity contribution is -0.112. The van der Waals surface area contributed by atoms with Gasteiger partial charge >= 0.3 is 0 Å². The molecule has 3 rings (SSSR count). The highest BCUT2D eigenvalue weighted by atomic mass is 16.5. The van der Waals surface area contributed by atoms with Gasteiger partial charge in [-0.1, -0.05) is 20.3 Å². The van der Waals surface area contributed by atoms with Gasteiger partial charge in [0.15, 0.2) is 0 Å². The van der Waals surface area contributed by atoms with Gasteiger partial charge in [0.05, 0.1) is 6.10 Å². The van der Waals surface area contributed by atoms with Gasteiger partial charge in [0.1, 0.15) is 0 Å². The zero-order chi connectivity index (χ0) is 12.6. The van der Waals surface area contributed by atoms with Crippen LogP contribution in [-0.2, 0) is 4.74 Å². The lowest BCUT2D eigenvalue weighted by atomic mass is 9.57. The summed E-state index contributed by atoms with van der Waals surface area (Å²) < 4.78 is 5.84. The van der Waals surface area contributed by atoms with Crippen molar-refractivity contribution in [2.75, 3.05) is 32.8 Å². The number of likely N-dealkylation sites (tertiary alicyclic amines) is 1. The van der Waals surface area contributed by atoms with E-state index in [1.807, 2.05) is 0 Å². The Balaban J connectivity index is 1.43. The van der Waals surface area contributed by atoms with Gasteiger partial charge in [0.2, 0.25) is 0 Å². The summed E-state index contributed by atoms with van der Waals surface area (Å²) in [7, 11) is 0. The summed E-state index contributed by atoms with van der Waals surface area (Å²) in [6, 6.07) is 0.676. The van der Waals surface area contributed by atoms with Crippen LogP contribution in [0, 0.1) is 11.3 Å². The molecule has 104 valence electrons. The summed E-state index contributed by atoms with van der Waals surface area (Å²) in [5, 5.41) is 3.81.